The minimum Gasteiger partial charge on any atom is -0.346 e. The van der Waals surface area contributed by atoms with Crippen LogP contribution in [0, 0.1) is 0 Å². The molecule has 18 heavy (non-hydrogen) atoms. The number of H-pyrrole nitrogens is 1. The van der Waals surface area contributed by atoms with Gasteiger partial charge in [0.1, 0.15) is 0 Å². The van der Waals surface area contributed by atoms with Crippen molar-refractivity contribution in [2.24, 2.45) is 5.73 Å². The molecule has 0 atom stereocenters. The highest BCUT2D eigenvalue weighted by molar-refractivity contribution is 5.96. The minimum atomic E-state index is -0.365. The van der Waals surface area contributed by atoms with Crippen molar-refractivity contribution >= 4 is 28.4 Å². The van der Waals surface area contributed by atoms with Crippen molar-refractivity contribution < 1.29 is 9.59 Å². The lowest BCUT2D eigenvalue weighted by molar-refractivity contribution is -0.123. The number of hydrogen-bond acceptors (Lipinski definition) is 4. The van der Waals surface area contributed by atoms with Gasteiger partial charge in [-0.3, -0.25) is 14.7 Å². The van der Waals surface area contributed by atoms with Gasteiger partial charge in [-0.15, -0.1) is 0 Å². The van der Waals surface area contributed by atoms with Crippen LogP contribution in [0.2, 0.25) is 0 Å². The van der Waals surface area contributed by atoms with Crippen LogP contribution in [0.4, 0.5) is 5.69 Å². The number of carbonyl (C=O) groups is 2. The largest absolute Gasteiger partial charge is 0.346 e. The number of carbonyl (C=O) groups excluding carboxylic acids is 2. The van der Waals surface area contributed by atoms with Crippen molar-refractivity contribution in [1.82, 2.24) is 15.5 Å². The minimum absolute atomic E-state index is 0.0978. The summed E-state index contributed by atoms with van der Waals surface area (Å²) in [5.74, 6) is -0.671. The molecule has 2 amide bonds. The van der Waals surface area contributed by atoms with E-state index < -0.39 is 0 Å². The fraction of sp³-hybridized carbons (Fsp3) is 0.182. The predicted octanol–water partition coefficient (Wildman–Crippen LogP) is -0.424. The van der Waals surface area contributed by atoms with Gasteiger partial charge >= 0.3 is 0 Å². The van der Waals surface area contributed by atoms with Crippen molar-refractivity contribution in [2.45, 2.75) is 0 Å². The van der Waals surface area contributed by atoms with Crippen LogP contribution >= 0.6 is 0 Å². The lowest BCUT2D eigenvalue weighted by Crippen LogP contribution is -2.36. The van der Waals surface area contributed by atoms with E-state index in [2.05, 4.69) is 20.8 Å². The molecule has 0 aliphatic heterocycles. The highest BCUT2D eigenvalue weighted by Crippen LogP contribution is 2.16. The van der Waals surface area contributed by atoms with E-state index in [9.17, 15) is 9.59 Å². The first-order valence-corrected chi connectivity index (χ1v) is 5.39. The molecule has 2 aromatic rings. The quantitative estimate of drug-likeness (QED) is 0.587. The zero-order valence-corrected chi connectivity index (χ0v) is 9.56. The van der Waals surface area contributed by atoms with Crippen LogP contribution in [0.3, 0.4) is 0 Å². The van der Waals surface area contributed by atoms with Gasteiger partial charge in [0.05, 0.1) is 24.8 Å². The Kier molecular flexibility index (Phi) is 3.54. The van der Waals surface area contributed by atoms with E-state index in [-0.39, 0.29) is 24.9 Å². The van der Waals surface area contributed by atoms with Gasteiger partial charge < -0.3 is 16.4 Å². The van der Waals surface area contributed by atoms with Crippen molar-refractivity contribution in [2.75, 3.05) is 18.4 Å². The van der Waals surface area contributed by atoms with Gasteiger partial charge in [0, 0.05) is 11.1 Å². The van der Waals surface area contributed by atoms with E-state index in [1.807, 2.05) is 6.07 Å². The molecule has 1 aromatic carbocycles. The number of anilines is 1. The van der Waals surface area contributed by atoms with Crippen LogP contribution in [0.15, 0.2) is 24.4 Å². The average Bonchev–Trinajstić information content (AvgIpc) is 2.83. The first kappa shape index (κ1) is 12.1. The first-order chi connectivity index (χ1) is 8.69. The summed E-state index contributed by atoms with van der Waals surface area (Å²) in [7, 11) is 0. The van der Waals surface area contributed by atoms with Crippen molar-refractivity contribution in [3.8, 4) is 0 Å². The molecule has 2 rings (SSSR count). The molecule has 0 saturated heterocycles. The van der Waals surface area contributed by atoms with Crippen LogP contribution in [0.1, 0.15) is 0 Å². The van der Waals surface area contributed by atoms with Crippen molar-refractivity contribution in [1.29, 1.82) is 0 Å². The summed E-state index contributed by atoms with van der Waals surface area (Å²) in [6.07, 6.45) is 1.67. The molecule has 0 aliphatic carbocycles. The van der Waals surface area contributed by atoms with Crippen LogP contribution < -0.4 is 16.4 Å². The Balaban J connectivity index is 1.96. The molecule has 0 bridgehead atoms. The van der Waals surface area contributed by atoms with Gasteiger partial charge in [-0.1, -0.05) is 0 Å². The first-order valence-electron chi connectivity index (χ1n) is 5.39. The molecule has 94 valence electrons. The fourth-order valence-corrected chi connectivity index (χ4v) is 1.48. The van der Waals surface area contributed by atoms with Crippen LogP contribution in [0.5, 0.6) is 0 Å². The fourth-order valence-electron chi connectivity index (χ4n) is 1.48. The van der Waals surface area contributed by atoms with E-state index in [1.54, 1.807) is 18.3 Å². The number of fused-ring (bicyclic) bond motifs is 1. The SMILES string of the molecule is NCC(=O)NCC(=O)Nc1ccc2[nH]ncc2c1. The maximum absolute atomic E-state index is 11.5. The average molecular weight is 247 g/mol. The standard InChI is InChI=1S/C11H13N5O2/c12-4-10(17)13-6-11(18)15-8-1-2-9-7(3-8)5-14-16-9/h1-3,5H,4,6,12H2,(H,13,17)(H,14,16)(H,15,18). The highest BCUT2D eigenvalue weighted by atomic mass is 16.2. The Bertz CT molecular complexity index is 578. The van der Waals surface area contributed by atoms with Crippen molar-refractivity contribution in [3.63, 3.8) is 0 Å². The number of nitrogens with zero attached hydrogens (tertiary/aromatic N) is 1. The van der Waals surface area contributed by atoms with E-state index in [4.69, 9.17) is 5.73 Å². The summed E-state index contributed by atoms with van der Waals surface area (Å²) in [6, 6.07) is 5.36. The molecule has 0 radical (unpaired) electrons. The maximum Gasteiger partial charge on any atom is 0.243 e. The highest BCUT2D eigenvalue weighted by Gasteiger charge is 2.05. The molecule has 1 heterocycles. The number of nitrogens with two attached hydrogens (primary N) is 1. The Morgan fingerprint density at radius 3 is 2.94 bits per heavy atom. The predicted molar refractivity (Wildman–Crippen MR) is 66.8 cm³/mol. The lowest BCUT2D eigenvalue weighted by Gasteiger charge is -2.06. The van der Waals surface area contributed by atoms with Crippen LogP contribution in [-0.4, -0.2) is 35.1 Å². The number of rotatable bonds is 4. The molecule has 0 unspecified atom stereocenters. The molecule has 5 N–H and O–H groups in total. The second-order valence-electron chi connectivity index (χ2n) is 3.70. The third-order valence-corrected chi connectivity index (χ3v) is 2.36. The summed E-state index contributed by atoms with van der Waals surface area (Å²) in [6.45, 7) is -0.228. The van der Waals surface area contributed by atoms with Gasteiger partial charge in [0.2, 0.25) is 11.8 Å². The summed E-state index contributed by atoms with van der Waals surface area (Å²) in [5, 5.41) is 12.7. The van der Waals surface area contributed by atoms with Gasteiger partial charge in [0.25, 0.3) is 0 Å². The van der Waals surface area contributed by atoms with Crippen LogP contribution in [0.25, 0.3) is 10.9 Å². The maximum atomic E-state index is 11.5. The van der Waals surface area contributed by atoms with E-state index in [1.165, 1.54) is 0 Å². The molecular weight excluding hydrogens is 234 g/mol. The molecule has 0 aliphatic rings. The van der Waals surface area contributed by atoms with Gasteiger partial charge in [0.15, 0.2) is 0 Å². The topological polar surface area (TPSA) is 113 Å². The Labute approximate surface area is 103 Å². The van der Waals surface area contributed by atoms with E-state index in [0.29, 0.717) is 5.69 Å². The number of aromatic nitrogens is 2. The van der Waals surface area contributed by atoms with Gasteiger partial charge in [-0.2, -0.15) is 5.10 Å². The third-order valence-electron chi connectivity index (χ3n) is 2.36. The molecular formula is C11H13N5O2. The summed E-state index contributed by atoms with van der Waals surface area (Å²) in [4.78, 5) is 22.4. The van der Waals surface area contributed by atoms with Crippen molar-refractivity contribution in [3.05, 3.63) is 24.4 Å². The number of benzene rings is 1. The van der Waals surface area contributed by atoms with E-state index >= 15 is 0 Å². The number of aromatic amines is 1. The van der Waals surface area contributed by atoms with Gasteiger partial charge in [-0.25, -0.2) is 0 Å². The zero-order valence-electron chi connectivity index (χ0n) is 9.56. The van der Waals surface area contributed by atoms with E-state index in [0.717, 1.165) is 10.9 Å². The van der Waals surface area contributed by atoms with Crippen LogP contribution in [-0.2, 0) is 9.59 Å². The normalized spacial score (nSPS) is 10.3. The lowest BCUT2D eigenvalue weighted by atomic mass is 10.2. The molecule has 7 heteroatoms. The molecule has 0 spiro atoms. The Hall–Kier alpha value is -2.41. The number of hydrogen-bond donors (Lipinski definition) is 4. The zero-order chi connectivity index (χ0) is 13.0. The molecule has 0 saturated carbocycles. The molecule has 1 aromatic heterocycles. The number of amides is 2. The summed E-state index contributed by atoms with van der Waals surface area (Å²) in [5.41, 5.74) is 6.65. The molecule has 0 fully saturated rings. The molecule has 7 nitrogen and oxygen atoms in total. The number of nitrogens with one attached hydrogen (secondary N) is 3. The summed E-state index contributed by atoms with van der Waals surface area (Å²) >= 11 is 0. The second-order valence-corrected chi connectivity index (χ2v) is 3.70. The summed E-state index contributed by atoms with van der Waals surface area (Å²) < 4.78 is 0. The Morgan fingerprint density at radius 1 is 1.33 bits per heavy atom. The van der Waals surface area contributed by atoms with Gasteiger partial charge in [-0.05, 0) is 18.2 Å². The monoisotopic (exact) mass is 247 g/mol. The smallest absolute Gasteiger partial charge is 0.243 e. The second kappa shape index (κ2) is 5.28. The third kappa shape index (κ3) is 2.83. The Morgan fingerprint density at radius 2 is 2.17 bits per heavy atom.